The molecule has 0 saturated heterocycles. The molecule has 0 atom stereocenters. The van der Waals surface area contributed by atoms with E-state index < -0.39 is 0 Å². The Morgan fingerprint density at radius 1 is 1.18 bits per heavy atom. The summed E-state index contributed by atoms with van der Waals surface area (Å²) in [6.45, 7) is 3.53. The van der Waals surface area contributed by atoms with Crippen molar-refractivity contribution in [1.29, 1.82) is 0 Å². The van der Waals surface area contributed by atoms with Crippen LogP contribution >= 0.6 is 11.6 Å². The van der Waals surface area contributed by atoms with E-state index >= 15 is 0 Å². The van der Waals surface area contributed by atoms with Crippen LogP contribution in [-0.2, 0) is 6.61 Å². The lowest BCUT2D eigenvalue weighted by atomic mass is 10.2. The Hall–Kier alpha value is -1.78. The summed E-state index contributed by atoms with van der Waals surface area (Å²) in [5.74, 6) is 0.250. The predicted octanol–water partition coefficient (Wildman–Crippen LogP) is 4.21. The fourth-order valence-electron chi connectivity index (χ4n) is 1.42. The maximum atomic E-state index is 12.9. The van der Waals surface area contributed by atoms with Gasteiger partial charge in [-0.25, -0.2) is 4.39 Å². The van der Waals surface area contributed by atoms with Gasteiger partial charge in [-0.05, 0) is 56.5 Å². The van der Waals surface area contributed by atoms with E-state index in [-0.39, 0.29) is 12.4 Å². The lowest BCUT2D eigenvalue weighted by molar-refractivity contribution is 0.306. The molecule has 2 aromatic rings. The van der Waals surface area contributed by atoms with Gasteiger partial charge in [-0.15, -0.1) is 0 Å². The third kappa shape index (κ3) is 6.78. The van der Waals surface area contributed by atoms with Gasteiger partial charge in [-0.3, -0.25) is 0 Å². The molecule has 0 spiro atoms. The summed E-state index contributed by atoms with van der Waals surface area (Å²) < 4.78 is 18.4. The highest BCUT2D eigenvalue weighted by Gasteiger charge is 2.02. The van der Waals surface area contributed by atoms with Gasteiger partial charge in [0.2, 0.25) is 0 Å². The molecule has 0 amide bonds. The number of nitrogens with two attached hydrogens (primary N) is 1. The SMILES string of the molecule is CCN(C)C.Nc1ccc(OCc2cccc(F)c2)c(Cl)c1. The Morgan fingerprint density at radius 2 is 1.86 bits per heavy atom. The monoisotopic (exact) mass is 324 g/mol. The summed E-state index contributed by atoms with van der Waals surface area (Å²) in [5, 5.41) is 0.446. The fraction of sp³-hybridized carbons (Fsp3) is 0.294. The van der Waals surface area contributed by atoms with Crippen molar-refractivity contribution < 1.29 is 9.13 Å². The van der Waals surface area contributed by atoms with Gasteiger partial charge in [-0.1, -0.05) is 30.7 Å². The number of hydrogen-bond acceptors (Lipinski definition) is 3. The quantitative estimate of drug-likeness (QED) is 0.856. The molecule has 2 aromatic carbocycles. The number of nitrogens with zero attached hydrogens (tertiary/aromatic N) is 1. The Labute approximate surface area is 136 Å². The van der Waals surface area contributed by atoms with Gasteiger partial charge >= 0.3 is 0 Å². The maximum Gasteiger partial charge on any atom is 0.138 e. The van der Waals surface area contributed by atoms with Crippen LogP contribution in [0.3, 0.4) is 0 Å². The Bertz CT molecular complexity index is 591. The summed E-state index contributed by atoms with van der Waals surface area (Å²) >= 11 is 5.95. The Kier molecular flexibility index (Phi) is 7.71. The van der Waals surface area contributed by atoms with Crippen LogP contribution < -0.4 is 10.5 Å². The van der Waals surface area contributed by atoms with E-state index in [0.717, 1.165) is 12.1 Å². The molecule has 0 aromatic heterocycles. The second-order valence-electron chi connectivity index (χ2n) is 5.00. The van der Waals surface area contributed by atoms with E-state index in [1.165, 1.54) is 12.1 Å². The van der Waals surface area contributed by atoms with Gasteiger partial charge in [0.15, 0.2) is 0 Å². The minimum absolute atomic E-state index is 0.265. The molecule has 0 aliphatic rings. The smallest absolute Gasteiger partial charge is 0.138 e. The first-order chi connectivity index (χ1) is 10.4. The van der Waals surface area contributed by atoms with Crippen LogP contribution in [0.2, 0.25) is 5.02 Å². The standard InChI is InChI=1S/C13H11ClFNO.C4H11N/c14-12-7-11(16)4-5-13(12)17-8-9-2-1-3-10(15)6-9;1-4-5(2)3/h1-7H,8,16H2;4H2,1-3H3. The van der Waals surface area contributed by atoms with Crippen LogP contribution in [0, 0.1) is 5.82 Å². The van der Waals surface area contributed by atoms with Crippen LogP contribution in [0.5, 0.6) is 5.75 Å². The van der Waals surface area contributed by atoms with Crippen molar-refractivity contribution >= 4 is 17.3 Å². The average molecular weight is 325 g/mol. The average Bonchev–Trinajstić information content (AvgIpc) is 2.47. The number of nitrogen functional groups attached to an aromatic ring is 1. The first kappa shape index (κ1) is 18.3. The van der Waals surface area contributed by atoms with Crippen molar-refractivity contribution in [1.82, 2.24) is 4.90 Å². The normalized spacial score (nSPS) is 10.1. The zero-order chi connectivity index (χ0) is 16.5. The molecule has 0 bridgehead atoms. The topological polar surface area (TPSA) is 38.5 Å². The van der Waals surface area contributed by atoms with Crippen molar-refractivity contribution in [3.63, 3.8) is 0 Å². The van der Waals surface area contributed by atoms with Crippen LogP contribution in [0.1, 0.15) is 12.5 Å². The third-order valence-corrected chi connectivity index (χ3v) is 3.17. The molecule has 22 heavy (non-hydrogen) atoms. The molecule has 0 unspecified atom stereocenters. The first-order valence-corrected chi connectivity index (χ1v) is 7.37. The minimum Gasteiger partial charge on any atom is -0.487 e. The summed E-state index contributed by atoms with van der Waals surface area (Å²) in [4.78, 5) is 2.12. The summed E-state index contributed by atoms with van der Waals surface area (Å²) in [6.07, 6.45) is 0. The highest BCUT2D eigenvalue weighted by atomic mass is 35.5. The first-order valence-electron chi connectivity index (χ1n) is 6.99. The highest BCUT2D eigenvalue weighted by Crippen LogP contribution is 2.27. The van der Waals surface area contributed by atoms with Crippen molar-refractivity contribution in [2.45, 2.75) is 13.5 Å². The molecule has 5 heteroatoms. The molecule has 0 aliphatic heterocycles. The highest BCUT2D eigenvalue weighted by molar-refractivity contribution is 6.32. The third-order valence-electron chi connectivity index (χ3n) is 2.87. The molecule has 0 radical (unpaired) electrons. The van der Waals surface area contributed by atoms with E-state index in [2.05, 4.69) is 25.9 Å². The number of halogens is 2. The minimum atomic E-state index is -0.283. The Morgan fingerprint density at radius 3 is 2.41 bits per heavy atom. The van der Waals surface area contributed by atoms with Crippen LogP contribution in [0.25, 0.3) is 0 Å². The van der Waals surface area contributed by atoms with E-state index in [1.807, 2.05) is 0 Å². The molecule has 0 saturated carbocycles. The molecular weight excluding hydrogens is 303 g/mol. The Balaban J connectivity index is 0.000000422. The summed E-state index contributed by atoms with van der Waals surface area (Å²) in [6, 6.07) is 11.2. The molecule has 3 nitrogen and oxygen atoms in total. The predicted molar refractivity (Wildman–Crippen MR) is 90.8 cm³/mol. The largest absolute Gasteiger partial charge is 0.487 e. The zero-order valence-corrected chi connectivity index (χ0v) is 13.9. The van der Waals surface area contributed by atoms with Gasteiger partial charge in [0, 0.05) is 5.69 Å². The maximum absolute atomic E-state index is 12.9. The fourth-order valence-corrected chi connectivity index (χ4v) is 1.67. The van der Waals surface area contributed by atoms with E-state index in [0.29, 0.717) is 16.5 Å². The van der Waals surface area contributed by atoms with Crippen molar-refractivity contribution in [3.8, 4) is 5.75 Å². The molecule has 0 heterocycles. The van der Waals surface area contributed by atoms with Crippen molar-refractivity contribution in [3.05, 3.63) is 58.9 Å². The molecule has 0 aliphatic carbocycles. The van der Waals surface area contributed by atoms with Gasteiger partial charge < -0.3 is 15.4 Å². The number of anilines is 1. The van der Waals surface area contributed by atoms with Crippen molar-refractivity contribution in [2.75, 3.05) is 26.4 Å². The summed E-state index contributed by atoms with van der Waals surface area (Å²) in [7, 11) is 4.11. The number of benzene rings is 2. The molecular formula is C17H22ClFN2O. The molecule has 2 rings (SSSR count). The lowest BCUT2D eigenvalue weighted by Gasteiger charge is -2.08. The van der Waals surface area contributed by atoms with Gasteiger partial charge in [0.05, 0.1) is 5.02 Å². The molecule has 0 fully saturated rings. The van der Waals surface area contributed by atoms with E-state index in [9.17, 15) is 4.39 Å². The number of rotatable bonds is 4. The second-order valence-corrected chi connectivity index (χ2v) is 5.41. The molecule has 2 N–H and O–H groups in total. The zero-order valence-electron chi connectivity index (χ0n) is 13.1. The van der Waals surface area contributed by atoms with E-state index in [4.69, 9.17) is 22.1 Å². The second kappa shape index (κ2) is 9.28. The van der Waals surface area contributed by atoms with Crippen LogP contribution in [0.4, 0.5) is 10.1 Å². The van der Waals surface area contributed by atoms with Gasteiger partial charge in [0.25, 0.3) is 0 Å². The van der Waals surface area contributed by atoms with Crippen LogP contribution in [0.15, 0.2) is 42.5 Å². The molecule has 120 valence electrons. The number of hydrogen-bond donors (Lipinski definition) is 1. The van der Waals surface area contributed by atoms with Gasteiger partial charge in [-0.2, -0.15) is 0 Å². The number of ether oxygens (including phenoxy) is 1. The summed E-state index contributed by atoms with van der Waals surface area (Å²) in [5.41, 5.74) is 6.89. The van der Waals surface area contributed by atoms with E-state index in [1.54, 1.807) is 30.3 Å². The lowest BCUT2D eigenvalue weighted by Crippen LogP contribution is -2.08. The van der Waals surface area contributed by atoms with Gasteiger partial charge in [0.1, 0.15) is 18.2 Å². The van der Waals surface area contributed by atoms with Crippen molar-refractivity contribution in [2.24, 2.45) is 0 Å². The van der Waals surface area contributed by atoms with Crippen LogP contribution in [-0.4, -0.2) is 25.5 Å².